The summed E-state index contributed by atoms with van der Waals surface area (Å²) < 4.78 is 11.5. The molecule has 0 heterocycles. The molecule has 32 heavy (non-hydrogen) atoms. The van der Waals surface area contributed by atoms with E-state index >= 15 is 0 Å². The lowest BCUT2D eigenvalue weighted by Gasteiger charge is -2.08. The van der Waals surface area contributed by atoms with Gasteiger partial charge in [-0.1, -0.05) is 43.5 Å². The molecular formula is C27H27NO4. The SMILES string of the molecule is N#Cc1ccc(-c2ccc(OCCCCCCCOc3ccc(C(=O)O)cc3)cc2)cc1. The number of unbranched alkanes of at least 4 members (excludes halogenated alkanes) is 4. The number of carbonyl (C=O) groups is 1. The summed E-state index contributed by atoms with van der Waals surface area (Å²) in [6.45, 7) is 1.33. The Balaban J connectivity index is 1.25. The Bertz CT molecular complexity index is 1020. The first kappa shape index (κ1) is 22.9. The van der Waals surface area contributed by atoms with E-state index in [2.05, 4.69) is 6.07 Å². The molecule has 3 aromatic carbocycles. The minimum Gasteiger partial charge on any atom is -0.494 e. The van der Waals surface area contributed by atoms with Crippen molar-refractivity contribution in [2.75, 3.05) is 13.2 Å². The van der Waals surface area contributed by atoms with Gasteiger partial charge >= 0.3 is 5.97 Å². The van der Waals surface area contributed by atoms with Crippen LogP contribution in [0.1, 0.15) is 48.0 Å². The molecule has 0 aliphatic heterocycles. The lowest BCUT2D eigenvalue weighted by atomic mass is 10.0. The van der Waals surface area contributed by atoms with Crippen LogP contribution in [-0.2, 0) is 0 Å². The van der Waals surface area contributed by atoms with E-state index in [-0.39, 0.29) is 5.56 Å². The van der Waals surface area contributed by atoms with Crippen LogP contribution < -0.4 is 9.47 Å². The van der Waals surface area contributed by atoms with Gasteiger partial charge in [-0.3, -0.25) is 0 Å². The minimum absolute atomic E-state index is 0.266. The number of carboxylic acid groups (broad SMARTS) is 1. The molecule has 5 nitrogen and oxygen atoms in total. The van der Waals surface area contributed by atoms with Crippen LogP contribution in [0.2, 0.25) is 0 Å². The number of carboxylic acids is 1. The normalized spacial score (nSPS) is 10.3. The van der Waals surface area contributed by atoms with Crippen LogP contribution in [0, 0.1) is 11.3 Å². The predicted octanol–water partition coefficient (Wildman–Crippen LogP) is 6.33. The summed E-state index contributed by atoms with van der Waals surface area (Å²) in [7, 11) is 0. The quantitative estimate of drug-likeness (QED) is 0.340. The maximum Gasteiger partial charge on any atom is 0.335 e. The second-order valence-electron chi connectivity index (χ2n) is 7.51. The number of nitrogens with zero attached hydrogens (tertiary/aromatic N) is 1. The zero-order chi connectivity index (χ0) is 22.6. The number of ether oxygens (including phenoxy) is 2. The molecule has 0 spiro atoms. The fourth-order valence-corrected chi connectivity index (χ4v) is 3.29. The van der Waals surface area contributed by atoms with Gasteiger partial charge in [-0.05, 0) is 72.5 Å². The lowest BCUT2D eigenvalue weighted by molar-refractivity contribution is 0.0697. The van der Waals surface area contributed by atoms with Crippen LogP contribution in [0.25, 0.3) is 11.1 Å². The Morgan fingerprint density at radius 3 is 1.59 bits per heavy atom. The second kappa shape index (κ2) is 12.2. The van der Waals surface area contributed by atoms with Crippen molar-refractivity contribution in [2.45, 2.75) is 32.1 Å². The zero-order valence-electron chi connectivity index (χ0n) is 18.0. The third-order valence-corrected chi connectivity index (χ3v) is 5.13. The summed E-state index contributed by atoms with van der Waals surface area (Å²) in [4.78, 5) is 10.8. The predicted molar refractivity (Wildman–Crippen MR) is 124 cm³/mol. The van der Waals surface area contributed by atoms with Crippen molar-refractivity contribution in [2.24, 2.45) is 0 Å². The van der Waals surface area contributed by atoms with Crippen molar-refractivity contribution in [1.82, 2.24) is 0 Å². The number of hydrogen-bond donors (Lipinski definition) is 1. The Morgan fingerprint density at radius 1 is 0.688 bits per heavy atom. The number of aromatic carboxylic acids is 1. The number of benzene rings is 3. The molecule has 0 bridgehead atoms. The lowest BCUT2D eigenvalue weighted by Crippen LogP contribution is -2.00. The van der Waals surface area contributed by atoms with Gasteiger partial charge in [0.1, 0.15) is 11.5 Å². The molecule has 0 radical (unpaired) electrons. The summed E-state index contributed by atoms with van der Waals surface area (Å²) >= 11 is 0. The average molecular weight is 430 g/mol. The maximum atomic E-state index is 10.8. The highest BCUT2D eigenvalue weighted by atomic mass is 16.5. The van der Waals surface area contributed by atoms with Gasteiger partial charge in [0.05, 0.1) is 30.4 Å². The van der Waals surface area contributed by atoms with Crippen molar-refractivity contribution in [3.63, 3.8) is 0 Å². The van der Waals surface area contributed by atoms with Crippen LogP contribution in [0.15, 0.2) is 72.8 Å². The Kier molecular flexibility index (Phi) is 8.70. The van der Waals surface area contributed by atoms with Crippen molar-refractivity contribution < 1.29 is 19.4 Å². The van der Waals surface area contributed by atoms with Crippen LogP contribution >= 0.6 is 0 Å². The molecule has 1 N–H and O–H groups in total. The molecule has 3 rings (SSSR count). The van der Waals surface area contributed by atoms with E-state index < -0.39 is 5.97 Å². The van der Waals surface area contributed by atoms with Gasteiger partial charge in [0.15, 0.2) is 0 Å². The van der Waals surface area contributed by atoms with E-state index in [1.807, 2.05) is 48.5 Å². The molecule has 5 heteroatoms. The van der Waals surface area contributed by atoms with E-state index in [1.54, 1.807) is 24.3 Å². The van der Waals surface area contributed by atoms with Gasteiger partial charge in [-0.25, -0.2) is 4.79 Å². The first-order valence-corrected chi connectivity index (χ1v) is 10.9. The van der Waals surface area contributed by atoms with Crippen LogP contribution in [0.4, 0.5) is 0 Å². The van der Waals surface area contributed by atoms with Gasteiger partial charge in [0.25, 0.3) is 0 Å². The highest BCUT2D eigenvalue weighted by Crippen LogP contribution is 2.23. The number of nitriles is 1. The van der Waals surface area contributed by atoms with Gasteiger partial charge in [-0.2, -0.15) is 5.26 Å². The molecule has 164 valence electrons. The van der Waals surface area contributed by atoms with Crippen molar-refractivity contribution in [1.29, 1.82) is 5.26 Å². The van der Waals surface area contributed by atoms with Gasteiger partial charge in [0, 0.05) is 0 Å². The molecular weight excluding hydrogens is 402 g/mol. The van der Waals surface area contributed by atoms with Crippen LogP contribution in [0.3, 0.4) is 0 Å². The molecule has 0 unspecified atom stereocenters. The molecule has 0 atom stereocenters. The topological polar surface area (TPSA) is 79.5 Å². The molecule has 3 aromatic rings. The molecule has 0 fully saturated rings. The largest absolute Gasteiger partial charge is 0.494 e. The number of hydrogen-bond acceptors (Lipinski definition) is 4. The highest BCUT2D eigenvalue weighted by molar-refractivity contribution is 5.87. The van der Waals surface area contributed by atoms with Crippen LogP contribution in [-0.4, -0.2) is 24.3 Å². The first-order chi connectivity index (χ1) is 15.7. The molecule has 0 aliphatic rings. The molecule has 0 aliphatic carbocycles. The zero-order valence-corrected chi connectivity index (χ0v) is 18.0. The summed E-state index contributed by atoms with van der Waals surface area (Å²) in [6.07, 6.45) is 5.30. The summed E-state index contributed by atoms with van der Waals surface area (Å²) in [5, 5.41) is 17.8. The smallest absolute Gasteiger partial charge is 0.335 e. The minimum atomic E-state index is -0.930. The van der Waals surface area contributed by atoms with Crippen LogP contribution in [0.5, 0.6) is 11.5 Å². The molecule has 0 saturated heterocycles. The Labute approximate surface area is 188 Å². The van der Waals surface area contributed by atoms with Crippen molar-refractivity contribution >= 4 is 5.97 Å². The summed E-state index contributed by atoms with van der Waals surface area (Å²) in [5.74, 6) is 0.638. The Hall–Kier alpha value is -3.78. The highest BCUT2D eigenvalue weighted by Gasteiger charge is 2.02. The van der Waals surface area contributed by atoms with E-state index in [4.69, 9.17) is 19.8 Å². The van der Waals surface area contributed by atoms with Gasteiger partial charge in [0.2, 0.25) is 0 Å². The van der Waals surface area contributed by atoms with Crippen molar-refractivity contribution in [3.05, 3.63) is 83.9 Å². The Morgan fingerprint density at radius 2 is 1.12 bits per heavy atom. The van der Waals surface area contributed by atoms with Crippen molar-refractivity contribution in [3.8, 4) is 28.7 Å². The summed E-state index contributed by atoms with van der Waals surface area (Å²) in [5.41, 5.74) is 3.11. The fraction of sp³-hybridized carbons (Fsp3) is 0.259. The monoisotopic (exact) mass is 429 g/mol. The van der Waals surface area contributed by atoms with E-state index in [0.29, 0.717) is 24.5 Å². The summed E-state index contributed by atoms with van der Waals surface area (Å²) in [6, 6.07) is 24.2. The van der Waals surface area contributed by atoms with E-state index in [9.17, 15) is 4.79 Å². The maximum absolute atomic E-state index is 10.8. The third-order valence-electron chi connectivity index (χ3n) is 5.13. The average Bonchev–Trinajstić information content (AvgIpc) is 2.84. The van der Waals surface area contributed by atoms with E-state index in [0.717, 1.165) is 49.0 Å². The molecule has 0 aromatic heterocycles. The molecule has 0 saturated carbocycles. The fourth-order valence-electron chi connectivity index (χ4n) is 3.29. The standard InChI is InChI=1S/C27H27NO4/c28-20-21-6-8-22(9-7-21)23-10-14-25(15-11-23)31-18-4-2-1-3-5-19-32-26-16-12-24(13-17-26)27(29)30/h6-17H,1-5,18-19H2,(H,29,30). The van der Waals surface area contributed by atoms with Gasteiger partial charge < -0.3 is 14.6 Å². The second-order valence-corrected chi connectivity index (χ2v) is 7.51. The number of rotatable bonds is 12. The third kappa shape index (κ3) is 7.17. The first-order valence-electron chi connectivity index (χ1n) is 10.9. The van der Waals surface area contributed by atoms with E-state index in [1.165, 1.54) is 0 Å². The molecule has 0 amide bonds. The van der Waals surface area contributed by atoms with Gasteiger partial charge in [-0.15, -0.1) is 0 Å².